The third kappa shape index (κ3) is 4.53. The van der Waals surface area contributed by atoms with Crippen LogP contribution in [0.4, 0.5) is 5.69 Å². The molecule has 3 aromatic rings. The first-order valence-corrected chi connectivity index (χ1v) is 8.70. The largest absolute Gasteiger partial charge is 0.491 e. The highest BCUT2D eigenvalue weighted by Crippen LogP contribution is 2.23. The van der Waals surface area contributed by atoms with Crippen molar-refractivity contribution in [2.75, 3.05) is 25.6 Å². The van der Waals surface area contributed by atoms with Crippen LogP contribution in [-0.2, 0) is 18.3 Å². The number of hydrogen-bond donors (Lipinski definition) is 1. The number of anilines is 1. The van der Waals surface area contributed by atoms with E-state index in [2.05, 4.69) is 15.5 Å². The van der Waals surface area contributed by atoms with Crippen LogP contribution in [0.15, 0.2) is 42.9 Å². The van der Waals surface area contributed by atoms with Gasteiger partial charge in [-0.1, -0.05) is 0 Å². The SMILES string of the molecule is CCn1cc(-c2nn(C)cc2C(=O)Nc2ccc(OCCOC)cc2)cn1. The minimum absolute atomic E-state index is 0.226. The van der Waals surface area contributed by atoms with Gasteiger partial charge in [-0.3, -0.25) is 14.2 Å². The van der Waals surface area contributed by atoms with E-state index in [-0.39, 0.29) is 5.91 Å². The fourth-order valence-electron chi connectivity index (χ4n) is 2.60. The van der Waals surface area contributed by atoms with Crippen molar-refractivity contribution in [3.63, 3.8) is 0 Å². The highest BCUT2D eigenvalue weighted by atomic mass is 16.5. The lowest BCUT2D eigenvalue weighted by Crippen LogP contribution is -2.12. The van der Waals surface area contributed by atoms with Crippen LogP contribution in [0.25, 0.3) is 11.3 Å². The molecule has 0 saturated heterocycles. The number of nitrogens with zero attached hydrogens (tertiary/aromatic N) is 4. The molecule has 0 fully saturated rings. The normalized spacial score (nSPS) is 10.8. The topological polar surface area (TPSA) is 83.2 Å². The number of ether oxygens (including phenoxy) is 2. The van der Waals surface area contributed by atoms with E-state index in [0.717, 1.165) is 17.9 Å². The summed E-state index contributed by atoms with van der Waals surface area (Å²) in [7, 11) is 3.42. The highest BCUT2D eigenvalue weighted by Gasteiger charge is 2.18. The zero-order chi connectivity index (χ0) is 19.2. The lowest BCUT2D eigenvalue weighted by Gasteiger charge is -2.08. The fraction of sp³-hybridized carbons (Fsp3) is 0.316. The summed E-state index contributed by atoms with van der Waals surface area (Å²) in [6.07, 6.45) is 5.30. The van der Waals surface area contributed by atoms with E-state index in [0.29, 0.717) is 30.2 Å². The molecule has 0 aliphatic heterocycles. The van der Waals surface area contributed by atoms with Gasteiger partial charge in [0.05, 0.1) is 18.4 Å². The maximum Gasteiger partial charge on any atom is 0.259 e. The molecule has 8 nitrogen and oxygen atoms in total. The zero-order valence-electron chi connectivity index (χ0n) is 15.7. The summed E-state index contributed by atoms with van der Waals surface area (Å²) in [4.78, 5) is 12.8. The van der Waals surface area contributed by atoms with Gasteiger partial charge in [0.2, 0.25) is 0 Å². The molecule has 8 heteroatoms. The molecule has 2 aromatic heterocycles. The summed E-state index contributed by atoms with van der Waals surface area (Å²) in [6.45, 7) is 3.77. The van der Waals surface area contributed by atoms with Gasteiger partial charge in [-0.2, -0.15) is 10.2 Å². The molecule has 0 spiro atoms. The second-order valence-corrected chi connectivity index (χ2v) is 5.97. The lowest BCUT2D eigenvalue weighted by atomic mass is 10.1. The van der Waals surface area contributed by atoms with Crippen molar-refractivity contribution in [3.8, 4) is 17.0 Å². The van der Waals surface area contributed by atoms with Crippen LogP contribution in [0.2, 0.25) is 0 Å². The van der Waals surface area contributed by atoms with Gasteiger partial charge in [-0.25, -0.2) is 0 Å². The van der Waals surface area contributed by atoms with Gasteiger partial charge in [-0.15, -0.1) is 0 Å². The molecule has 0 saturated carbocycles. The average molecular weight is 369 g/mol. The van der Waals surface area contributed by atoms with E-state index in [1.54, 1.807) is 60.2 Å². The summed E-state index contributed by atoms with van der Waals surface area (Å²) in [5.74, 6) is 0.495. The first-order chi connectivity index (χ1) is 13.1. The molecular weight excluding hydrogens is 346 g/mol. The van der Waals surface area contributed by atoms with Crippen molar-refractivity contribution in [1.29, 1.82) is 0 Å². The predicted molar refractivity (Wildman–Crippen MR) is 102 cm³/mol. The van der Waals surface area contributed by atoms with Crippen molar-refractivity contribution in [2.24, 2.45) is 7.05 Å². The standard InChI is InChI=1S/C19H23N5O3/c1-4-24-12-14(11-20-24)18-17(13-23(2)22-18)19(25)21-15-5-7-16(8-6-15)27-10-9-26-3/h5-8,11-13H,4,9-10H2,1-3H3,(H,21,25). The van der Waals surface area contributed by atoms with E-state index in [4.69, 9.17) is 9.47 Å². The first kappa shape index (κ1) is 18.7. The van der Waals surface area contributed by atoms with Gasteiger partial charge in [0.15, 0.2) is 0 Å². The van der Waals surface area contributed by atoms with Crippen LogP contribution < -0.4 is 10.1 Å². The van der Waals surface area contributed by atoms with Crippen molar-refractivity contribution < 1.29 is 14.3 Å². The Morgan fingerprint density at radius 3 is 2.63 bits per heavy atom. The Labute approximate surface area is 157 Å². The number of methoxy groups -OCH3 is 1. The van der Waals surface area contributed by atoms with E-state index in [1.165, 1.54) is 0 Å². The van der Waals surface area contributed by atoms with Crippen LogP contribution in [0.5, 0.6) is 5.75 Å². The van der Waals surface area contributed by atoms with Gasteiger partial charge in [0.25, 0.3) is 5.91 Å². The molecular formula is C19H23N5O3. The van der Waals surface area contributed by atoms with Crippen molar-refractivity contribution >= 4 is 11.6 Å². The van der Waals surface area contributed by atoms with Gasteiger partial charge in [0, 0.05) is 44.3 Å². The third-order valence-corrected chi connectivity index (χ3v) is 3.97. The second kappa shape index (κ2) is 8.50. The molecule has 0 radical (unpaired) electrons. The Hall–Kier alpha value is -3.13. The molecule has 0 unspecified atom stereocenters. The monoisotopic (exact) mass is 369 g/mol. The molecule has 27 heavy (non-hydrogen) atoms. The fourth-order valence-corrected chi connectivity index (χ4v) is 2.60. The van der Waals surface area contributed by atoms with E-state index in [9.17, 15) is 4.79 Å². The summed E-state index contributed by atoms with van der Waals surface area (Å²) >= 11 is 0. The summed E-state index contributed by atoms with van der Waals surface area (Å²) in [5.41, 5.74) is 2.59. The number of aromatic nitrogens is 4. The minimum atomic E-state index is -0.226. The molecule has 2 heterocycles. The van der Waals surface area contributed by atoms with Crippen LogP contribution >= 0.6 is 0 Å². The Morgan fingerprint density at radius 1 is 1.19 bits per heavy atom. The van der Waals surface area contributed by atoms with E-state index in [1.807, 2.05) is 13.1 Å². The highest BCUT2D eigenvalue weighted by molar-refractivity contribution is 6.08. The van der Waals surface area contributed by atoms with Gasteiger partial charge in [-0.05, 0) is 31.2 Å². The third-order valence-electron chi connectivity index (χ3n) is 3.97. The van der Waals surface area contributed by atoms with Crippen molar-refractivity contribution in [3.05, 3.63) is 48.4 Å². The van der Waals surface area contributed by atoms with Crippen molar-refractivity contribution in [1.82, 2.24) is 19.6 Å². The Morgan fingerprint density at radius 2 is 1.96 bits per heavy atom. The number of rotatable bonds is 8. The number of nitrogens with one attached hydrogen (secondary N) is 1. The molecule has 142 valence electrons. The Kier molecular flexibility index (Phi) is 5.87. The van der Waals surface area contributed by atoms with E-state index < -0.39 is 0 Å². The number of carbonyl (C=O) groups is 1. The molecule has 3 rings (SSSR count). The first-order valence-electron chi connectivity index (χ1n) is 8.70. The quantitative estimate of drug-likeness (QED) is 0.617. The smallest absolute Gasteiger partial charge is 0.259 e. The number of amides is 1. The van der Waals surface area contributed by atoms with Crippen LogP contribution in [0.1, 0.15) is 17.3 Å². The number of aryl methyl sites for hydroxylation is 2. The maximum absolute atomic E-state index is 12.8. The predicted octanol–water partition coefficient (Wildman–Crippen LogP) is 2.58. The van der Waals surface area contributed by atoms with Gasteiger partial charge in [0.1, 0.15) is 18.1 Å². The molecule has 0 atom stereocenters. The van der Waals surface area contributed by atoms with Crippen molar-refractivity contribution in [2.45, 2.75) is 13.5 Å². The van der Waals surface area contributed by atoms with Crippen LogP contribution in [-0.4, -0.2) is 45.8 Å². The Bertz CT molecular complexity index is 898. The molecule has 1 aromatic carbocycles. The summed E-state index contributed by atoms with van der Waals surface area (Å²) < 4.78 is 13.9. The number of hydrogen-bond acceptors (Lipinski definition) is 5. The van der Waals surface area contributed by atoms with E-state index >= 15 is 0 Å². The molecule has 0 aliphatic rings. The summed E-state index contributed by atoms with van der Waals surface area (Å²) in [5, 5.41) is 11.6. The van der Waals surface area contributed by atoms with Gasteiger partial charge >= 0.3 is 0 Å². The number of carbonyl (C=O) groups excluding carboxylic acids is 1. The van der Waals surface area contributed by atoms with Crippen LogP contribution in [0, 0.1) is 0 Å². The second-order valence-electron chi connectivity index (χ2n) is 5.97. The van der Waals surface area contributed by atoms with Gasteiger partial charge < -0.3 is 14.8 Å². The molecule has 1 N–H and O–H groups in total. The molecule has 0 bridgehead atoms. The van der Waals surface area contributed by atoms with Crippen LogP contribution in [0.3, 0.4) is 0 Å². The number of benzene rings is 1. The average Bonchev–Trinajstić information content (AvgIpc) is 3.29. The molecule has 1 amide bonds. The Balaban J connectivity index is 1.73. The minimum Gasteiger partial charge on any atom is -0.491 e. The zero-order valence-corrected chi connectivity index (χ0v) is 15.7. The molecule has 0 aliphatic carbocycles. The maximum atomic E-state index is 12.8. The summed E-state index contributed by atoms with van der Waals surface area (Å²) in [6, 6.07) is 7.21. The lowest BCUT2D eigenvalue weighted by molar-refractivity contribution is 0.102.